The van der Waals surface area contributed by atoms with Gasteiger partial charge < -0.3 is 4.42 Å². The molecule has 0 N–H and O–H groups in total. The maximum atomic E-state index is 11.8. The molecule has 0 fully saturated rings. The average molecular weight is 267 g/mol. The number of fused-ring (bicyclic) bond motifs is 1. The minimum absolute atomic E-state index is 0.0490. The maximum Gasteiger partial charge on any atom is 0.203 e. The van der Waals surface area contributed by atoms with Gasteiger partial charge in [0.15, 0.2) is 6.29 Å². The Bertz CT molecular complexity index is 599. The summed E-state index contributed by atoms with van der Waals surface area (Å²) in [6, 6.07) is 3.52. The summed E-state index contributed by atoms with van der Waals surface area (Å²) in [7, 11) is 0. The van der Waals surface area contributed by atoms with Crippen molar-refractivity contribution < 1.29 is 9.21 Å². The second-order valence-corrected chi connectivity index (χ2v) is 4.15. The fourth-order valence-electron chi connectivity index (χ4n) is 1.50. The standard InChI is InChI=1S/C11H7BrO3/c1-6-2-8(12)3-9-10(6)11(14)7(4-13)5-15-9/h2-5H,1H3. The zero-order valence-electron chi connectivity index (χ0n) is 7.91. The number of carbonyl (C=O) groups is 1. The van der Waals surface area contributed by atoms with E-state index in [0.29, 0.717) is 17.3 Å². The lowest BCUT2D eigenvalue weighted by molar-refractivity contribution is 0.112. The second kappa shape index (κ2) is 3.62. The first-order valence-corrected chi connectivity index (χ1v) is 5.09. The fraction of sp³-hybridized carbons (Fsp3) is 0.0909. The van der Waals surface area contributed by atoms with Crippen molar-refractivity contribution in [1.29, 1.82) is 0 Å². The van der Waals surface area contributed by atoms with Gasteiger partial charge in [0.05, 0.1) is 10.9 Å². The smallest absolute Gasteiger partial charge is 0.203 e. The average Bonchev–Trinajstić information content (AvgIpc) is 2.17. The van der Waals surface area contributed by atoms with E-state index in [1.54, 1.807) is 13.0 Å². The van der Waals surface area contributed by atoms with E-state index in [0.717, 1.165) is 10.0 Å². The summed E-state index contributed by atoms with van der Waals surface area (Å²) < 4.78 is 6.06. The number of hydrogen-bond acceptors (Lipinski definition) is 3. The Morgan fingerprint density at radius 2 is 2.13 bits per heavy atom. The Kier molecular flexibility index (Phi) is 2.44. The summed E-state index contributed by atoms with van der Waals surface area (Å²) in [5.41, 5.74) is 1.04. The molecule has 0 amide bonds. The van der Waals surface area contributed by atoms with Crippen LogP contribution >= 0.6 is 15.9 Å². The maximum absolute atomic E-state index is 11.8. The van der Waals surface area contributed by atoms with Gasteiger partial charge in [-0.1, -0.05) is 15.9 Å². The Hall–Kier alpha value is -1.42. The van der Waals surface area contributed by atoms with Gasteiger partial charge in [-0.2, -0.15) is 0 Å². The quantitative estimate of drug-likeness (QED) is 0.746. The van der Waals surface area contributed by atoms with Crippen LogP contribution in [0.25, 0.3) is 11.0 Å². The van der Waals surface area contributed by atoms with Crippen LogP contribution in [0, 0.1) is 6.92 Å². The lowest BCUT2D eigenvalue weighted by Crippen LogP contribution is -2.08. The third kappa shape index (κ3) is 1.61. The molecule has 0 radical (unpaired) electrons. The molecule has 0 saturated heterocycles. The van der Waals surface area contributed by atoms with Crippen LogP contribution in [0.5, 0.6) is 0 Å². The third-order valence-corrected chi connectivity index (χ3v) is 2.65. The molecular weight excluding hydrogens is 260 g/mol. The molecule has 1 heterocycles. The number of carbonyl (C=O) groups excluding carboxylic acids is 1. The molecule has 0 aliphatic rings. The molecule has 0 aliphatic carbocycles. The van der Waals surface area contributed by atoms with Crippen LogP contribution < -0.4 is 5.43 Å². The van der Waals surface area contributed by atoms with Crippen LogP contribution in [0.4, 0.5) is 0 Å². The molecule has 4 heteroatoms. The fourth-order valence-corrected chi connectivity index (χ4v) is 2.05. The van der Waals surface area contributed by atoms with Crippen molar-refractivity contribution in [3.63, 3.8) is 0 Å². The molecule has 15 heavy (non-hydrogen) atoms. The summed E-state index contributed by atoms with van der Waals surface area (Å²) >= 11 is 3.31. The summed E-state index contributed by atoms with van der Waals surface area (Å²) in [5.74, 6) is 0. The van der Waals surface area contributed by atoms with E-state index in [9.17, 15) is 9.59 Å². The van der Waals surface area contributed by atoms with Gasteiger partial charge in [-0.05, 0) is 24.6 Å². The predicted molar refractivity (Wildman–Crippen MR) is 60.3 cm³/mol. The third-order valence-electron chi connectivity index (χ3n) is 2.19. The molecule has 0 saturated carbocycles. The van der Waals surface area contributed by atoms with E-state index in [4.69, 9.17) is 4.42 Å². The molecule has 0 bridgehead atoms. The normalized spacial score (nSPS) is 10.5. The zero-order chi connectivity index (χ0) is 11.0. The number of benzene rings is 1. The molecule has 0 aliphatic heterocycles. The van der Waals surface area contributed by atoms with Gasteiger partial charge in [0.1, 0.15) is 11.8 Å². The Labute approximate surface area is 93.8 Å². The molecule has 0 atom stereocenters. The highest BCUT2D eigenvalue weighted by Gasteiger charge is 2.09. The number of aryl methyl sites for hydroxylation is 1. The monoisotopic (exact) mass is 266 g/mol. The summed E-state index contributed by atoms with van der Waals surface area (Å²) in [5, 5.41) is 0.461. The van der Waals surface area contributed by atoms with E-state index in [1.165, 1.54) is 6.26 Å². The first-order chi connectivity index (χ1) is 7.13. The van der Waals surface area contributed by atoms with Crippen LogP contribution in [-0.4, -0.2) is 6.29 Å². The van der Waals surface area contributed by atoms with E-state index >= 15 is 0 Å². The van der Waals surface area contributed by atoms with E-state index < -0.39 is 0 Å². The molecule has 0 spiro atoms. The number of hydrogen-bond donors (Lipinski definition) is 0. The summed E-state index contributed by atoms with van der Waals surface area (Å²) in [6.45, 7) is 1.80. The molecule has 1 aromatic carbocycles. The van der Waals surface area contributed by atoms with Gasteiger partial charge in [0.25, 0.3) is 0 Å². The molecule has 2 aromatic rings. The van der Waals surface area contributed by atoms with Crippen LogP contribution in [0.15, 0.2) is 32.1 Å². The molecular formula is C11H7BrO3. The zero-order valence-corrected chi connectivity index (χ0v) is 9.50. The van der Waals surface area contributed by atoms with Crippen molar-refractivity contribution in [2.45, 2.75) is 6.92 Å². The van der Waals surface area contributed by atoms with Crippen molar-refractivity contribution in [3.8, 4) is 0 Å². The molecule has 1 aromatic heterocycles. The highest BCUT2D eigenvalue weighted by molar-refractivity contribution is 9.10. The first-order valence-electron chi connectivity index (χ1n) is 4.30. The van der Waals surface area contributed by atoms with Gasteiger partial charge in [-0.25, -0.2) is 0 Å². The minimum atomic E-state index is -0.281. The topological polar surface area (TPSA) is 47.3 Å². The Morgan fingerprint density at radius 3 is 2.80 bits per heavy atom. The first kappa shape index (κ1) is 10.1. The SMILES string of the molecule is Cc1cc(Br)cc2occ(C=O)c(=O)c12. The second-order valence-electron chi connectivity index (χ2n) is 3.23. The van der Waals surface area contributed by atoms with Crippen LogP contribution in [0.3, 0.4) is 0 Å². The highest BCUT2D eigenvalue weighted by atomic mass is 79.9. The minimum Gasteiger partial charge on any atom is -0.463 e. The van der Waals surface area contributed by atoms with E-state index in [1.807, 2.05) is 6.07 Å². The van der Waals surface area contributed by atoms with Crippen LogP contribution in [0.2, 0.25) is 0 Å². The van der Waals surface area contributed by atoms with Gasteiger partial charge in [-0.3, -0.25) is 9.59 Å². The van der Waals surface area contributed by atoms with Crippen molar-refractivity contribution in [2.24, 2.45) is 0 Å². The van der Waals surface area contributed by atoms with Gasteiger partial charge in [0, 0.05) is 4.47 Å². The van der Waals surface area contributed by atoms with Crippen molar-refractivity contribution in [3.05, 3.63) is 44.2 Å². The Morgan fingerprint density at radius 1 is 1.40 bits per heavy atom. The summed E-state index contributed by atoms with van der Waals surface area (Å²) in [6.07, 6.45) is 1.69. The van der Waals surface area contributed by atoms with Gasteiger partial charge >= 0.3 is 0 Å². The number of aldehydes is 1. The van der Waals surface area contributed by atoms with Crippen molar-refractivity contribution in [2.75, 3.05) is 0 Å². The molecule has 2 rings (SSSR count). The molecule has 0 unspecified atom stereocenters. The van der Waals surface area contributed by atoms with Crippen molar-refractivity contribution in [1.82, 2.24) is 0 Å². The van der Waals surface area contributed by atoms with Crippen molar-refractivity contribution >= 4 is 33.2 Å². The highest BCUT2D eigenvalue weighted by Crippen LogP contribution is 2.21. The largest absolute Gasteiger partial charge is 0.463 e. The molecule has 76 valence electrons. The number of halogens is 1. The lowest BCUT2D eigenvalue weighted by Gasteiger charge is -2.01. The predicted octanol–water partition coefficient (Wildman–Crippen LogP) is 2.68. The van der Waals surface area contributed by atoms with Crippen LogP contribution in [0.1, 0.15) is 15.9 Å². The number of rotatable bonds is 1. The Balaban J connectivity index is 2.99. The van der Waals surface area contributed by atoms with Gasteiger partial charge in [-0.15, -0.1) is 0 Å². The van der Waals surface area contributed by atoms with Gasteiger partial charge in [0.2, 0.25) is 5.43 Å². The molecule has 3 nitrogen and oxygen atoms in total. The summed E-state index contributed by atoms with van der Waals surface area (Å²) in [4.78, 5) is 22.4. The van der Waals surface area contributed by atoms with Crippen LogP contribution in [-0.2, 0) is 0 Å². The van der Waals surface area contributed by atoms with E-state index in [-0.39, 0.29) is 11.0 Å². The lowest BCUT2D eigenvalue weighted by atomic mass is 10.1. The van der Waals surface area contributed by atoms with E-state index in [2.05, 4.69) is 15.9 Å².